The summed E-state index contributed by atoms with van der Waals surface area (Å²) in [6.07, 6.45) is 2.09. The van der Waals surface area contributed by atoms with E-state index in [-0.39, 0.29) is 17.2 Å². The highest BCUT2D eigenvalue weighted by Gasteiger charge is 2.24. The number of anilines is 1. The van der Waals surface area contributed by atoms with Crippen LogP contribution in [0.3, 0.4) is 0 Å². The van der Waals surface area contributed by atoms with Crippen LogP contribution in [0.15, 0.2) is 77.1 Å². The van der Waals surface area contributed by atoms with Gasteiger partial charge in [-0.2, -0.15) is 0 Å². The van der Waals surface area contributed by atoms with E-state index in [0.717, 1.165) is 16.5 Å². The molecule has 0 spiro atoms. The number of sulfonamides is 1. The van der Waals surface area contributed by atoms with Gasteiger partial charge in [0.2, 0.25) is 15.9 Å². The van der Waals surface area contributed by atoms with Crippen LogP contribution in [0.25, 0.3) is 10.9 Å². The van der Waals surface area contributed by atoms with Gasteiger partial charge in [-0.15, -0.1) is 11.3 Å². The summed E-state index contributed by atoms with van der Waals surface area (Å²) >= 11 is 1.28. The SMILES string of the molecule is NS(=O)(=O)c1ccc(NC(=O)[C@H](Cc2c[nH]c3ccccc23)NC(=O)c2cccs2)cc1. The van der Waals surface area contributed by atoms with Gasteiger partial charge in [-0.25, -0.2) is 13.6 Å². The van der Waals surface area contributed by atoms with Crippen LogP contribution in [0, 0.1) is 0 Å². The molecule has 8 nitrogen and oxygen atoms in total. The van der Waals surface area contributed by atoms with E-state index in [1.165, 1.54) is 35.6 Å². The molecule has 0 aliphatic rings. The lowest BCUT2D eigenvalue weighted by Gasteiger charge is -2.18. The summed E-state index contributed by atoms with van der Waals surface area (Å²) in [5.74, 6) is -0.770. The summed E-state index contributed by atoms with van der Waals surface area (Å²) in [4.78, 5) is 29.4. The predicted octanol–water partition coefficient (Wildman–Crippen LogP) is 2.86. The van der Waals surface area contributed by atoms with E-state index in [9.17, 15) is 18.0 Å². The van der Waals surface area contributed by atoms with Gasteiger partial charge in [0, 0.05) is 29.2 Å². The number of primary sulfonamides is 1. The molecule has 5 N–H and O–H groups in total. The Balaban J connectivity index is 1.57. The van der Waals surface area contributed by atoms with Gasteiger partial charge in [0.25, 0.3) is 5.91 Å². The summed E-state index contributed by atoms with van der Waals surface area (Å²) in [5.41, 5.74) is 2.21. The highest BCUT2D eigenvalue weighted by Crippen LogP contribution is 2.20. The Hall–Kier alpha value is -3.47. The Labute approximate surface area is 188 Å². The third kappa shape index (κ3) is 4.88. The number of amides is 2. The summed E-state index contributed by atoms with van der Waals surface area (Å²) in [6.45, 7) is 0. The molecular formula is C22H20N4O4S2. The Morgan fingerprint density at radius 3 is 2.47 bits per heavy atom. The number of aromatic amines is 1. The zero-order valence-electron chi connectivity index (χ0n) is 16.7. The van der Waals surface area contributed by atoms with Crippen molar-refractivity contribution in [2.45, 2.75) is 17.4 Å². The molecule has 32 heavy (non-hydrogen) atoms. The highest BCUT2D eigenvalue weighted by molar-refractivity contribution is 7.89. The van der Waals surface area contributed by atoms with Gasteiger partial charge in [-0.05, 0) is 47.3 Å². The summed E-state index contributed by atoms with van der Waals surface area (Å²) in [6, 6.07) is 15.8. The van der Waals surface area contributed by atoms with Gasteiger partial charge in [-0.3, -0.25) is 9.59 Å². The summed E-state index contributed by atoms with van der Waals surface area (Å²) in [5, 5.41) is 13.4. The second kappa shape index (κ2) is 8.95. The van der Waals surface area contributed by atoms with E-state index in [0.29, 0.717) is 10.6 Å². The topological polar surface area (TPSA) is 134 Å². The minimum Gasteiger partial charge on any atom is -0.361 e. The molecule has 0 bridgehead atoms. The minimum absolute atomic E-state index is 0.0585. The van der Waals surface area contributed by atoms with Gasteiger partial charge in [-0.1, -0.05) is 24.3 Å². The number of carbonyl (C=O) groups is 2. The number of nitrogens with one attached hydrogen (secondary N) is 3. The van der Waals surface area contributed by atoms with Crippen LogP contribution >= 0.6 is 11.3 Å². The summed E-state index contributed by atoms with van der Waals surface area (Å²) < 4.78 is 22.9. The van der Waals surface area contributed by atoms with Crippen molar-refractivity contribution in [1.82, 2.24) is 10.3 Å². The monoisotopic (exact) mass is 468 g/mol. The molecule has 10 heteroatoms. The van der Waals surface area contributed by atoms with Gasteiger partial charge in [0.05, 0.1) is 9.77 Å². The Bertz CT molecular complexity index is 1360. The van der Waals surface area contributed by atoms with Gasteiger partial charge in [0.1, 0.15) is 6.04 Å². The van der Waals surface area contributed by atoms with Gasteiger partial charge in [0.15, 0.2) is 0 Å². The van der Waals surface area contributed by atoms with Crippen molar-refractivity contribution in [2.75, 3.05) is 5.32 Å². The molecule has 0 saturated carbocycles. The number of fused-ring (bicyclic) bond motifs is 1. The molecule has 2 aromatic heterocycles. The highest BCUT2D eigenvalue weighted by atomic mass is 32.2. The zero-order chi connectivity index (χ0) is 22.7. The van der Waals surface area contributed by atoms with Crippen LogP contribution < -0.4 is 15.8 Å². The van der Waals surface area contributed by atoms with Crippen LogP contribution in [-0.4, -0.2) is 31.3 Å². The Morgan fingerprint density at radius 2 is 1.78 bits per heavy atom. The molecule has 0 saturated heterocycles. The number of hydrogen-bond donors (Lipinski definition) is 4. The molecule has 0 radical (unpaired) electrons. The van der Waals surface area contributed by atoms with E-state index in [2.05, 4.69) is 15.6 Å². The van der Waals surface area contributed by atoms with Crippen molar-refractivity contribution in [3.05, 3.63) is 82.7 Å². The first-order valence-corrected chi connectivity index (χ1v) is 12.1. The number of rotatable bonds is 7. The number of para-hydroxylation sites is 1. The molecule has 2 amide bonds. The van der Waals surface area contributed by atoms with Crippen molar-refractivity contribution in [2.24, 2.45) is 5.14 Å². The van der Waals surface area contributed by atoms with Crippen LogP contribution in [0.1, 0.15) is 15.2 Å². The van der Waals surface area contributed by atoms with Crippen molar-refractivity contribution >= 4 is 49.8 Å². The maximum atomic E-state index is 13.1. The quantitative estimate of drug-likeness (QED) is 0.332. The van der Waals surface area contributed by atoms with E-state index in [1.54, 1.807) is 17.5 Å². The first-order chi connectivity index (χ1) is 15.3. The first-order valence-electron chi connectivity index (χ1n) is 9.64. The molecule has 1 atom stereocenters. The molecule has 164 valence electrons. The van der Waals surface area contributed by atoms with Gasteiger partial charge < -0.3 is 15.6 Å². The normalized spacial score (nSPS) is 12.4. The molecule has 4 rings (SSSR count). The average molecular weight is 469 g/mol. The summed E-state index contributed by atoms with van der Waals surface area (Å²) in [7, 11) is -3.83. The maximum absolute atomic E-state index is 13.1. The first kappa shape index (κ1) is 21.8. The van der Waals surface area contributed by atoms with Crippen LogP contribution in [0.4, 0.5) is 5.69 Å². The molecule has 2 heterocycles. The number of nitrogens with two attached hydrogens (primary N) is 1. The van der Waals surface area contributed by atoms with Crippen LogP contribution in [-0.2, 0) is 21.2 Å². The number of aromatic nitrogens is 1. The van der Waals surface area contributed by atoms with E-state index >= 15 is 0 Å². The lowest BCUT2D eigenvalue weighted by Crippen LogP contribution is -2.45. The fraction of sp³-hybridized carbons (Fsp3) is 0.0909. The van der Waals surface area contributed by atoms with Crippen molar-refractivity contribution in [3.8, 4) is 0 Å². The Morgan fingerprint density at radius 1 is 1.03 bits per heavy atom. The third-order valence-electron chi connectivity index (χ3n) is 4.92. The fourth-order valence-electron chi connectivity index (χ4n) is 3.32. The smallest absolute Gasteiger partial charge is 0.262 e. The van der Waals surface area contributed by atoms with Crippen molar-refractivity contribution < 1.29 is 18.0 Å². The molecule has 4 aromatic rings. The standard InChI is InChI=1S/C22H20N4O4S2/c23-32(29,30)16-9-7-15(8-10-16)25-21(27)19(26-22(28)20-6-3-11-31-20)12-14-13-24-18-5-2-1-4-17(14)18/h1-11,13,19,24H,12H2,(H,25,27)(H,26,28)(H2,23,29,30)/t19-/m0/s1. The predicted molar refractivity (Wildman–Crippen MR) is 124 cm³/mol. The van der Waals surface area contributed by atoms with E-state index in [1.807, 2.05) is 30.5 Å². The lowest BCUT2D eigenvalue weighted by molar-refractivity contribution is -0.118. The molecule has 0 aliphatic heterocycles. The number of carbonyl (C=O) groups excluding carboxylic acids is 2. The maximum Gasteiger partial charge on any atom is 0.262 e. The molecule has 0 unspecified atom stereocenters. The number of hydrogen-bond acceptors (Lipinski definition) is 5. The molecule has 0 fully saturated rings. The van der Waals surface area contributed by atoms with Gasteiger partial charge >= 0.3 is 0 Å². The largest absolute Gasteiger partial charge is 0.361 e. The van der Waals surface area contributed by atoms with Crippen LogP contribution in [0.2, 0.25) is 0 Å². The second-order valence-corrected chi connectivity index (χ2v) is 9.63. The van der Waals surface area contributed by atoms with E-state index in [4.69, 9.17) is 5.14 Å². The fourth-order valence-corrected chi connectivity index (χ4v) is 4.47. The van der Waals surface area contributed by atoms with E-state index < -0.39 is 22.0 Å². The average Bonchev–Trinajstić information content (AvgIpc) is 3.43. The van der Waals surface area contributed by atoms with Crippen molar-refractivity contribution in [1.29, 1.82) is 0 Å². The van der Waals surface area contributed by atoms with Crippen LogP contribution in [0.5, 0.6) is 0 Å². The molecule has 2 aromatic carbocycles. The minimum atomic E-state index is -3.83. The lowest BCUT2D eigenvalue weighted by atomic mass is 10.0. The number of thiophene rings is 1. The zero-order valence-corrected chi connectivity index (χ0v) is 18.4. The third-order valence-corrected chi connectivity index (χ3v) is 6.71. The molecule has 0 aliphatic carbocycles. The Kier molecular flexibility index (Phi) is 6.08. The second-order valence-electron chi connectivity index (χ2n) is 7.13. The number of benzene rings is 2. The molecular weight excluding hydrogens is 448 g/mol. The number of H-pyrrole nitrogens is 1. The van der Waals surface area contributed by atoms with Crippen molar-refractivity contribution in [3.63, 3.8) is 0 Å².